The van der Waals surface area contributed by atoms with Crippen molar-refractivity contribution in [3.8, 4) is 26.6 Å². The molecular weight excluding hydrogens is 707 g/mol. The molecule has 0 radical (unpaired) electrons. The van der Waals surface area contributed by atoms with E-state index in [4.69, 9.17) is 10.2 Å². The number of nitrogens with zero attached hydrogens (tertiary/aromatic N) is 3. The first-order chi connectivity index (χ1) is 20.3. The van der Waals surface area contributed by atoms with Gasteiger partial charge < -0.3 is 0 Å². The molecule has 0 unspecified atom stereocenters. The van der Waals surface area contributed by atoms with Gasteiger partial charge in [0.25, 0.3) is 0 Å². The number of aryl methyl sites for hydroxylation is 2. The SMILES string of the molecule is CCCCCCc1cc(-c2ccc(-c3cc(CCCCCC)c(Br)s3)c3nn(-c4cc(F)c(F)c(F)c4)nc23)sc1Br. The standard InChI is InChI=1S/C32H32Br2F3N3S2/c1-3-5-7-9-11-19-15-26(41-31(19)33)22-13-14-23(27-16-20(32(34)42-27)12-10-8-6-4-2)30-29(22)38-40(39-30)21-17-24(35)28(37)25(36)18-21/h13-18H,3-12H2,1-2H3. The summed E-state index contributed by atoms with van der Waals surface area (Å²) < 4.78 is 44.3. The van der Waals surface area contributed by atoms with Gasteiger partial charge in [-0.05, 0) is 80.8 Å². The second kappa shape index (κ2) is 14.2. The number of hydrogen-bond donors (Lipinski definition) is 0. The monoisotopic (exact) mass is 737 g/mol. The van der Waals surface area contributed by atoms with Crippen molar-refractivity contribution in [2.75, 3.05) is 0 Å². The van der Waals surface area contributed by atoms with Gasteiger partial charge in [0.2, 0.25) is 0 Å². The molecule has 3 aromatic heterocycles. The molecule has 3 heterocycles. The van der Waals surface area contributed by atoms with Crippen molar-refractivity contribution in [2.45, 2.75) is 78.1 Å². The molecule has 0 fully saturated rings. The zero-order valence-electron chi connectivity index (χ0n) is 23.6. The predicted octanol–water partition coefficient (Wildman–Crippen LogP) is 12.1. The van der Waals surface area contributed by atoms with Crippen molar-refractivity contribution in [3.05, 3.63) is 72.5 Å². The lowest BCUT2D eigenvalue weighted by Crippen LogP contribution is -2.02. The highest BCUT2D eigenvalue weighted by molar-refractivity contribution is 9.11. The first kappa shape index (κ1) is 31.4. The normalized spacial score (nSPS) is 11.7. The number of unbranched alkanes of at least 4 members (excludes halogenated alkanes) is 6. The van der Waals surface area contributed by atoms with Crippen LogP contribution in [-0.2, 0) is 12.8 Å². The first-order valence-corrected chi connectivity index (χ1v) is 17.6. The minimum Gasteiger partial charge on any atom is -0.204 e. The Morgan fingerprint density at radius 3 is 1.55 bits per heavy atom. The topological polar surface area (TPSA) is 30.7 Å². The number of thiophene rings is 2. The number of fused-ring (bicyclic) bond motifs is 1. The largest absolute Gasteiger partial charge is 0.204 e. The zero-order chi connectivity index (χ0) is 29.8. The molecule has 0 bridgehead atoms. The van der Waals surface area contributed by atoms with Crippen LogP contribution in [0.3, 0.4) is 0 Å². The molecule has 0 saturated heterocycles. The lowest BCUT2D eigenvalue weighted by Gasteiger charge is -2.03. The highest BCUT2D eigenvalue weighted by Gasteiger charge is 2.21. The van der Waals surface area contributed by atoms with Crippen molar-refractivity contribution in [2.24, 2.45) is 0 Å². The molecule has 5 rings (SSSR count). The Kier molecular flexibility index (Phi) is 10.6. The molecular formula is C32H32Br2F3N3S2. The summed E-state index contributed by atoms with van der Waals surface area (Å²) in [5, 5.41) is 9.43. The Morgan fingerprint density at radius 1 is 0.667 bits per heavy atom. The van der Waals surface area contributed by atoms with Gasteiger partial charge in [-0.3, -0.25) is 0 Å². The van der Waals surface area contributed by atoms with Gasteiger partial charge in [0.05, 0.1) is 13.3 Å². The Bertz CT molecular complexity index is 1580. The van der Waals surface area contributed by atoms with Crippen molar-refractivity contribution < 1.29 is 13.2 Å². The van der Waals surface area contributed by atoms with Crippen molar-refractivity contribution in [1.82, 2.24) is 15.0 Å². The van der Waals surface area contributed by atoms with E-state index in [1.165, 1.54) is 54.4 Å². The maximum Gasteiger partial charge on any atom is 0.194 e. The van der Waals surface area contributed by atoms with Crippen LogP contribution in [0.25, 0.3) is 37.6 Å². The zero-order valence-corrected chi connectivity index (χ0v) is 28.4. The van der Waals surface area contributed by atoms with Crippen LogP contribution in [0.15, 0.2) is 44.0 Å². The van der Waals surface area contributed by atoms with E-state index in [0.717, 1.165) is 66.3 Å². The molecule has 0 aliphatic carbocycles. The second-order valence-electron chi connectivity index (χ2n) is 10.5. The smallest absolute Gasteiger partial charge is 0.194 e. The third-order valence-electron chi connectivity index (χ3n) is 7.39. The molecule has 0 aliphatic rings. The van der Waals surface area contributed by atoms with Crippen molar-refractivity contribution in [1.29, 1.82) is 0 Å². The summed E-state index contributed by atoms with van der Waals surface area (Å²) >= 11 is 10.8. The van der Waals surface area contributed by atoms with E-state index in [2.05, 4.69) is 70.0 Å². The van der Waals surface area contributed by atoms with Crippen molar-refractivity contribution in [3.63, 3.8) is 0 Å². The number of benzene rings is 2. The van der Waals surface area contributed by atoms with Gasteiger partial charge in [0.1, 0.15) is 11.0 Å². The average Bonchev–Trinajstić information content (AvgIpc) is 3.68. The molecule has 0 amide bonds. The number of aromatic nitrogens is 3. The summed E-state index contributed by atoms with van der Waals surface area (Å²) in [7, 11) is 0. The molecule has 0 spiro atoms. The summed E-state index contributed by atoms with van der Waals surface area (Å²) in [6.07, 6.45) is 11.5. The molecule has 5 aromatic rings. The average molecular weight is 740 g/mol. The third kappa shape index (κ3) is 6.87. The molecule has 2 aromatic carbocycles. The molecule has 10 heteroatoms. The van der Waals surface area contributed by atoms with Crippen LogP contribution in [0.1, 0.15) is 76.3 Å². The molecule has 42 heavy (non-hydrogen) atoms. The van der Waals surface area contributed by atoms with E-state index in [1.807, 2.05) is 0 Å². The summed E-state index contributed by atoms with van der Waals surface area (Å²) in [4.78, 5) is 3.28. The summed E-state index contributed by atoms with van der Waals surface area (Å²) in [6, 6.07) is 10.3. The molecule has 0 saturated carbocycles. The van der Waals surface area contributed by atoms with Crippen molar-refractivity contribution >= 4 is 65.6 Å². The highest BCUT2D eigenvalue weighted by Crippen LogP contribution is 2.43. The maximum absolute atomic E-state index is 14.2. The lowest BCUT2D eigenvalue weighted by molar-refractivity contribution is 0.445. The fourth-order valence-corrected chi connectivity index (χ4v) is 8.66. The fourth-order valence-electron chi connectivity index (χ4n) is 5.07. The maximum atomic E-state index is 14.2. The third-order valence-corrected chi connectivity index (χ3v) is 11.4. The predicted molar refractivity (Wildman–Crippen MR) is 176 cm³/mol. The Morgan fingerprint density at radius 2 is 1.12 bits per heavy atom. The summed E-state index contributed by atoms with van der Waals surface area (Å²) in [5.74, 6) is -4.07. The van der Waals surface area contributed by atoms with E-state index in [0.29, 0.717) is 11.0 Å². The van der Waals surface area contributed by atoms with Gasteiger partial charge >= 0.3 is 0 Å². The summed E-state index contributed by atoms with van der Waals surface area (Å²) in [5.41, 5.74) is 5.57. The van der Waals surface area contributed by atoms with Crippen LogP contribution < -0.4 is 0 Å². The van der Waals surface area contributed by atoms with E-state index in [-0.39, 0.29) is 5.69 Å². The van der Waals surface area contributed by atoms with E-state index < -0.39 is 17.5 Å². The van der Waals surface area contributed by atoms with E-state index in [1.54, 1.807) is 22.7 Å². The number of halogens is 5. The van der Waals surface area contributed by atoms with Crippen LogP contribution >= 0.6 is 54.5 Å². The fraction of sp³-hybridized carbons (Fsp3) is 0.375. The number of hydrogen-bond acceptors (Lipinski definition) is 4. The molecule has 222 valence electrons. The van der Waals surface area contributed by atoms with E-state index in [9.17, 15) is 13.2 Å². The number of rotatable bonds is 13. The van der Waals surface area contributed by atoms with Gasteiger partial charge in [-0.1, -0.05) is 64.5 Å². The van der Waals surface area contributed by atoms with Gasteiger partial charge in [0.15, 0.2) is 17.5 Å². The summed E-state index contributed by atoms with van der Waals surface area (Å²) in [6.45, 7) is 4.41. The molecule has 3 nitrogen and oxygen atoms in total. The van der Waals surface area contributed by atoms with Gasteiger partial charge in [0, 0.05) is 33.0 Å². The van der Waals surface area contributed by atoms with Crippen LogP contribution in [0.2, 0.25) is 0 Å². The Hall–Kier alpha value is -2.01. The van der Waals surface area contributed by atoms with Crippen LogP contribution in [-0.4, -0.2) is 15.0 Å². The van der Waals surface area contributed by atoms with Gasteiger partial charge in [-0.2, -0.15) is 4.80 Å². The van der Waals surface area contributed by atoms with Crippen LogP contribution in [0.5, 0.6) is 0 Å². The van der Waals surface area contributed by atoms with Crippen LogP contribution in [0, 0.1) is 17.5 Å². The van der Waals surface area contributed by atoms with E-state index >= 15 is 0 Å². The van der Waals surface area contributed by atoms with Gasteiger partial charge in [-0.25, -0.2) is 13.2 Å². The Labute approximate surface area is 269 Å². The highest BCUT2D eigenvalue weighted by atomic mass is 79.9. The lowest BCUT2D eigenvalue weighted by atomic mass is 10.0. The molecule has 0 aliphatic heterocycles. The Balaban J connectivity index is 1.59. The second-order valence-corrected chi connectivity index (χ2v) is 15.3. The quantitative estimate of drug-likeness (QED) is 0.0889. The minimum absolute atomic E-state index is 0.0208. The van der Waals surface area contributed by atoms with Crippen LogP contribution in [0.4, 0.5) is 13.2 Å². The molecule has 0 atom stereocenters. The molecule has 0 N–H and O–H groups in total. The van der Waals surface area contributed by atoms with Gasteiger partial charge in [-0.15, -0.1) is 32.9 Å². The first-order valence-electron chi connectivity index (χ1n) is 14.4. The minimum atomic E-state index is -1.51.